The molecule has 0 bridgehead atoms. The van der Waals surface area contributed by atoms with E-state index in [1.54, 1.807) is 0 Å². The number of hydrogen-bond donors (Lipinski definition) is 1. The van der Waals surface area contributed by atoms with Crippen LogP contribution in [-0.2, 0) is 6.54 Å². The summed E-state index contributed by atoms with van der Waals surface area (Å²) in [5.74, 6) is 0. The van der Waals surface area contributed by atoms with Gasteiger partial charge in [-0.25, -0.2) is 0 Å². The van der Waals surface area contributed by atoms with E-state index in [0.717, 1.165) is 35.2 Å². The number of pyridine rings is 1. The molecule has 1 aromatic heterocycles. The zero-order chi connectivity index (χ0) is 16.9. The highest BCUT2D eigenvalue weighted by Crippen LogP contribution is 2.33. The molecule has 2 aromatic carbocycles. The number of hydrogen-bond acceptors (Lipinski definition) is 2. The van der Waals surface area contributed by atoms with Crippen molar-refractivity contribution in [3.63, 3.8) is 0 Å². The summed E-state index contributed by atoms with van der Waals surface area (Å²) in [6, 6.07) is 22.2. The molecule has 0 amide bonds. The molecule has 0 atom stereocenters. The molecule has 3 heteroatoms. The first-order valence-corrected chi connectivity index (χ1v) is 8.09. The summed E-state index contributed by atoms with van der Waals surface area (Å²) in [5, 5.41) is 18.2. The van der Waals surface area contributed by atoms with Gasteiger partial charge in [-0.1, -0.05) is 67.6 Å². The second kappa shape index (κ2) is 6.97. The monoisotopic (exact) mass is 313 g/mol. The van der Waals surface area contributed by atoms with Crippen LogP contribution < -0.4 is 5.49 Å². The SMILES string of the molecule is CCCn1cc(-c2ccccc2)c(-c2ccccc2)c(C#N)c1=N. The molecular formula is C21H19N3. The Hall–Kier alpha value is -3.12. The van der Waals surface area contributed by atoms with Gasteiger partial charge in [-0.2, -0.15) is 5.26 Å². The smallest absolute Gasteiger partial charge is 0.143 e. The van der Waals surface area contributed by atoms with Gasteiger partial charge in [0.15, 0.2) is 0 Å². The molecule has 0 aliphatic heterocycles. The lowest BCUT2D eigenvalue weighted by atomic mass is 9.92. The van der Waals surface area contributed by atoms with E-state index in [1.807, 2.05) is 71.4 Å². The molecule has 24 heavy (non-hydrogen) atoms. The Morgan fingerprint density at radius 3 is 2.08 bits per heavy atom. The van der Waals surface area contributed by atoms with Crippen LogP contribution in [0.2, 0.25) is 0 Å². The molecule has 0 aliphatic carbocycles. The molecule has 0 aliphatic rings. The summed E-state index contributed by atoms with van der Waals surface area (Å²) in [4.78, 5) is 0. The number of nitrogens with zero attached hydrogens (tertiary/aromatic N) is 2. The fourth-order valence-corrected chi connectivity index (χ4v) is 2.95. The molecule has 3 aromatic rings. The van der Waals surface area contributed by atoms with Crippen LogP contribution in [0.15, 0.2) is 66.9 Å². The third kappa shape index (κ3) is 2.87. The predicted molar refractivity (Wildman–Crippen MR) is 96.2 cm³/mol. The van der Waals surface area contributed by atoms with Crippen LogP contribution >= 0.6 is 0 Å². The van der Waals surface area contributed by atoms with Gasteiger partial charge in [-0.15, -0.1) is 0 Å². The fourth-order valence-electron chi connectivity index (χ4n) is 2.95. The molecule has 0 spiro atoms. The molecule has 0 unspecified atom stereocenters. The number of nitriles is 1. The number of nitrogens with one attached hydrogen (secondary N) is 1. The second-order valence-electron chi connectivity index (χ2n) is 5.68. The second-order valence-corrected chi connectivity index (χ2v) is 5.68. The first kappa shape index (κ1) is 15.8. The lowest BCUT2D eigenvalue weighted by Crippen LogP contribution is -2.24. The minimum atomic E-state index is 0.276. The number of rotatable bonds is 4. The van der Waals surface area contributed by atoms with Gasteiger partial charge in [0.2, 0.25) is 0 Å². The molecule has 1 N–H and O–H groups in total. The third-order valence-electron chi connectivity index (χ3n) is 4.05. The van der Waals surface area contributed by atoms with Gasteiger partial charge < -0.3 is 4.57 Å². The fraction of sp³-hybridized carbons (Fsp3) is 0.143. The van der Waals surface area contributed by atoms with E-state index in [-0.39, 0.29) is 5.49 Å². The highest BCUT2D eigenvalue weighted by molar-refractivity contribution is 5.86. The zero-order valence-corrected chi connectivity index (χ0v) is 13.7. The number of aromatic nitrogens is 1. The van der Waals surface area contributed by atoms with Crippen molar-refractivity contribution < 1.29 is 0 Å². The van der Waals surface area contributed by atoms with Crippen LogP contribution in [0, 0.1) is 16.7 Å². The van der Waals surface area contributed by atoms with Crippen LogP contribution in [0.3, 0.4) is 0 Å². The third-order valence-corrected chi connectivity index (χ3v) is 4.05. The van der Waals surface area contributed by atoms with Crippen molar-refractivity contribution in [3.05, 3.63) is 77.9 Å². The normalized spacial score (nSPS) is 10.3. The van der Waals surface area contributed by atoms with Crippen molar-refractivity contribution in [1.82, 2.24) is 4.57 Å². The summed E-state index contributed by atoms with van der Waals surface area (Å²) in [7, 11) is 0. The largest absolute Gasteiger partial charge is 0.332 e. The average Bonchev–Trinajstić information content (AvgIpc) is 2.64. The Bertz CT molecular complexity index is 933. The predicted octanol–water partition coefficient (Wildman–Crippen LogP) is 4.58. The van der Waals surface area contributed by atoms with Crippen molar-refractivity contribution >= 4 is 0 Å². The summed E-state index contributed by atoms with van der Waals surface area (Å²) in [6.07, 6.45) is 2.92. The van der Waals surface area contributed by atoms with Gasteiger partial charge in [0.25, 0.3) is 0 Å². The zero-order valence-electron chi connectivity index (χ0n) is 13.7. The molecule has 1 heterocycles. The van der Waals surface area contributed by atoms with Gasteiger partial charge in [0.05, 0.1) is 0 Å². The minimum Gasteiger partial charge on any atom is -0.332 e. The molecular weight excluding hydrogens is 294 g/mol. The molecule has 3 rings (SSSR count). The van der Waals surface area contributed by atoms with Crippen LogP contribution in [0.1, 0.15) is 18.9 Å². The quantitative estimate of drug-likeness (QED) is 0.753. The maximum atomic E-state index is 9.74. The summed E-state index contributed by atoms with van der Waals surface area (Å²) < 4.78 is 1.87. The highest BCUT2D eigenvalue weighted by Gasteiger charge is 2.16. The van der Waals surface area contributed by atoms with E-state index >= 15 is 0 Å². The average molecular weight is 313 g/mol. The Kier molecular flexibility index (Phi) is 4.58. The molecule has 0 radical (unpaired) electrons. The Balaban J connectivity index is 2.39. The van der Waals surface area contributed by atoms with Crippen molar-refractivity contribution in [2.24, 2.45) is 0 Å². The molecule has 3 nitrogen and oxygen atoms in total. The Morgan fingerprint density at radius 2 is 1.54 bits per heavy atom. The van der Waals surface area contributed by atoms with Gasteiger partial charge in [0.1, 0.15) is 17.1 Å². The van der Waals surface area contributed by atoms with Crippen molar-refractivity contribution in [2.75, 3.05) is 0 Å². The van der Waals surface area contributed by atoms with E-state index < -0.39 is 0 Å². The maximum absolute atomic E-state index is 9.74. The maximum Gasteiger partial charge on any atom is 0.143 e. The van der Waals surface area contributed by atoms with E-state index in [2.05, 4.69) is 13.0 Å². The summed E-state index contributed by atoms with van der Waals surface area (Å²) in [5.41, 5.74) is 4.54. The highest BCUT2D eigenvalue weighted by atomic mass is 15.0. The van der Waals surface area contributed by atoms with Gasteiger partial charge in [-0.05, 0) is 17.5 Å². The van der Waals surface area contributed by atoms with Gasteiger partial charge in [0, 0.05) is 23.9 Å². The molecule has 118 valence electrons. The summed E-state index contributed by atoms with van der Waals surface area (Å²) >= 11 is 0. The Labute approximate surface area is 142 Å². The topological polar surface area (TPSA) is 52.6 Å². The minimum absolute atomic E-state index is 0.276. The van der Waals surface area contributed by atoms with Crippen molar-refractivity contribution in [3.8, 4) is 28.3 Å². The molecule has 0 saturated heterocycles. The van der Waals surface area contributed by atoms with Crippen LogP contribution in [0.5, 0.6) is 0 Å². The van der Waals surface area contributed by atoms with E-state index in [0.29, 0.717) is 5.56 Å². The van der Waals surface area contributed by atoms with Crippen LogP contribution in [0.25, 0.3) is 22.3 Å². The summed E-state index contributed by atoms with van der Waals surface area (Å²) in [6.45, 7) is 2.80. The lowest BCUT2D eigenvalue weighted by Gasteiger charge is -2.17. The first-order valence-electron chi connectivity index (χ1n) is 8.09. The van der Waals surface area contributed by atoms with Gasteiger partial charge in [-0.3, -0.25) is 5.41 Å². The van der Waals surface area contributed by atoms with Crippen molar-refractivity contribution in [1.29, 1.82) is 10.7 Å². The standard InChI is InChI=1S/C21H19N3/c1-2-13-24-15-19(16-9-5-3-6-10-16)20(18(14-22)21(24)23)17-11-7-4-8-12-17/h3-12,15,23H,2,13H2,1H3. The van der Waals surface area contributed by atoms with E-state index in [1.165, 1.54) is 0 Å². The molecule has 0 saturated carbocycles. The van der Waals surface area contributed by atoms with Crippen LogP contribution in [-0.4, -0.2) is 4.57 Å². The van der Waals surface area contributed by atoms with E-state index in [9.17, 15) is 5.26 Å². The molecule has 0 fully saturated rings. The number of benzene rings is 2. The van der Waals surface area contributed by atoms with E-state index in [4.69, 9.17) is 5.41 Å². The van der Waals surface area contributed by atoms with Crippen LogP contribution in [0.4, 0.5) is 0 Å². The lowest BCUT2D eigenvalue weighted by molar-refractivity contribution is 0.637. The van der Waals surface area contributed by atoms with Crippen molar-refractivity contribution in [2.45, 2.75) is 19.9 Å². The first-order chi connectivity index (χ1) is 11.8. The van der Waals surface area contributed by atoms with Gasteiger partial charge >= 0.3 is 0 Å². The Morgan fingerprint density at radius 1 is 0.958 bits per heavy atom. The number of aryl methyl sites for hydroxylation is 1.